The molecule has 0 radical (unpaired) electrons. The number of H-pyrrole nitrogens is 1. The van der Waals surface area contributed by atoms with Crippen LogP contribution in [-0.2, 0) is 16.2 Å². The van der Waals surface area contributed by atoms with E-state index in [0.29, 0.717) is 0 Å². The summed E-state index contributed by atoms with van der Waals surface area (Å²) in [5, 5.41) is 2.47. The minimum Gasteiger partial charge on any atom is -0.354 e. The molecule has 0 fully saturated rings. The first-order valence-corrected chi connectivity index (χ1v) is 23.5. The molecule has 0 atom stereocenters. The van der Waals surface area contributed by atoms with Crippen molar-refractivity contribution in [2.24, 2.45) is 0 Å². The van der Waals surface area contributed by atoms with E-state index in [1.807, 2.05) is 6.20 Å². The zero-order chi connectivity index (χ0) is 45.7. The summed E-state index contributed by atoms with van der Waals surface area (Å²) < 4.78 is 2.43. The first kappa shape index (κ1) is 40.7. The SMILES string of the molecule is Cc1ccnc(C2(c3cccc(-c4ccc(C(C)(C)c5ccccc5)c5c4nc(-c4cccc6c4[nH]c4cccc(C(C)(C)C)c46)n5-c4ccccc4)c3)c3ccccc3-c3ccccc32)c1. The van der Waals surface area contributed by atoms with Gasteiger partial charge in [0.25, 0.3) is 0 Å². The fraction of sp³-hybridized carbons (Fsp3) is 0.143. The van der Waals surface area contributed by atoms with Gasteiger partial charge in [-0.05, 0) is 110 Å². The number of imidazole rings is 1. The van der Waals surface area contributed by atoms with Gasteiger partial charge in [0, 0.05) is 44.7 Å². The maximum atomic E-state index is 5.91. The lowest BCUT2D eigenvalue weighted by Crippen LogP contribution is -2.30. The fourth-order valence-corrected chi connectivity index (χ4v) is 11.4. The summed E-state index contributed by atoms with van der Waals surface area (Å²) in [5.41, 5.74) is 19.6. The van der Waals surface area contributed by atoms with Crippen LogP contribution in [0.1, 0.15) is 79.3 Å². The molecule has 1 aliphatic rings. The number of benzene rings is 8. The predicted octanol–water partition coefficient (Wildman–Crippen LogP) is 15.7. The van der Waals surface area contributed by atoms with Gasteiger partial charge >= 0.3 is 0 Å². The van der Waals surface area contributed by atoms with Crippen LogP contribution in [0.25, 0.3) is 72.2 Å². The number of aromatic nitrogens is 4. The van der Waals surface area contributed by atoms with Crippen LogP contribution >= 0.6 is 0 Å². The van der Waals surface area contributed by atoms with Crippen LogP contribution in [0.4, 0.5) is 0 Å². The lowest BCUT2D eigenvalue weighted by atomic mass is 9.69. The maximum absolute atomic E-state index is 5.91. The Morgan fingerprint density at radius 2 is 1.21 bits per heavy atom. The van der Waals surface area contributed by atoms with Crippen molar-refractivity contribution in [2.75, 3.05) is 0 Å². The molecule has 0 aliphatic heterocycles. The Balaban J connectivity index is 1.18. The normalized spacial score (nSPS) is 13.3. The molecule has 8 aromatic carbocycles. The number of rotatable bonds is 7. The summed E-state index contributed by atoms with van der Waals surface area (Å²) in [4.78, 5) is 15.0. The molecule has 12 rings (SSSR count). The van der Waals surface area contributed by atoms with Gasteiger partial charge in [-0.1, -0.05) is 186 Å². The Kier molecular flexibility index (Phi) is 9.18. The van der Waals surface area contributed by atoms with Crippen molar-refractivity contribution in [2.45, 2.75) is 57.8 Å². The van der Waals surface area contributed by atoms with E-state index in [4.69, 9.17) is 9.97 Å². The van der Waals surface area contributed by atoms with Crippen LogP contribution in [-0.4, -0.2) is 19.5 Å². The third-order valence-electron chi connectivity index (χ3n) is 14.6. The molecule has 1 aliphatic carbocycles. The van der Waals surface area contributed by atoms with E-state index in [2.05, 4.69) is 245 Å². The number of nitrogens with zero attached hydrogens (tertiary/aromatic N) is 3. The molecular weight excluding hydrogens is 813 g/mol. The summed E-state index contributed by atoms with van der Waals surface area (Å²) in [7, 11) is 0. The molecular formula is C63H52N4. The Bertz CT molecular complexity index is 3670. The Morgan fingerprint density at radius 3 is 1.93 bits per heavy atom. The Hall–Kier alpha value is -7.82. The largest absolute Gasteiger partial charge is 0.354 e. The van der Waals surface area contributed by atoms with Crippen LogP contribution in [0.5, 0.6) is 0 Å². The van der Waals surface area contributed by atoms with Crippen molar-refractivity contribution < 1.29 is 0 Å². The van der Waals surface area contributed by atoms with Crippen LogP contribution < -0.4 is 0 Å². The maximum Gasteiger partial charge on any atom is 0.147 e. The van der Waals surface area contributed by atoms with Gasteiger partial charge < -0.3 is 4.98 Å². The van der Waals surface area contributed by atoms with Crippen molar-refractivity contribution in [3.05, 3.63) is 245 Å². The van der Waals surface area contributed by atoms with Crippen LogP contribution in [0.15, 0.2) is 200 Å². The fourth-order valence-electron chi connectivity index (χ4n) is 11.4. The molecule has 3 aromatic heterocycles. The first-order valence-electron chi connectivity index (χ1n) is 23.5. The number of fused-ring (bicyclic) bond motifs is 7. The van der Waals surface area contributed by atoms with E-state index in [0.717, 1.165) is 56.0 Å². The zero-order valence-corrected chi connectivity index (χ0v) is 38.9. The summed E-state index contributed by atoms with van der Waals surface area (Å²) >= 11 is 0. The standard InChI is InChI=1S/C63H52N4/c1-40-36-37-64-55(38-40)63(50-30-15-13-26-46(50)47-27-14-16-31-51(47)63)43-23-17-20-41(39-43)45-34-35-53(62(5,6)42-21-9-7-10-22-42)59-58(45)66-60(67(59)44-24-11-8-12-25-44)49-29-18-28-48-56-52(61(2,3)4)32-19-33-54(56)65-57(48)49/h7-39,65H,1-6H3. The molecule has 0 unspecified atom stereocenters. The van der Waals surface area contributed by atoms with Crippen molar-refractivity contribution >= 4 is 32.8 Å². The van der Waals surface area contributed by atoms with Crippen LogP contribution in [0, 0.1) is 6.92 Å². The summed E-state index contributed by atoms with van der Waals surface area (Å²) in [6.45, 7) is 13.8. The van der Waals surface area contributed by atoms with E-state index >= 15 is 0 Å². The molecule has 3 heterocycles. The average Bonchev–Trinajstić information content (AvgIpc) is 4.03. The summed E-state index contributed by atoms with van der Waals surface area (Å²) in [6, 6.07) is 71.1. The first-order chi connectivity index (χ1) is 32.5. The number of hydrogen-bond acceptors (Lipinski definition) is 2. The molecule has 4 heteroatoms. The highest BCUT2D eigenvalue weighted by Crippen LogP contribution is 2.56. The predicted molar refractivity (Wildman–Crippen MR) is 278 cm³/mol. The minimum atomic E-state index is -0.644. The van der Waals surface area contributed by atoms with Gasteiger partial charge in [0.2, 0.25) is 0 Å². The molecule has 11 aromatic rings. The van der Waals surface area contributed by atoms with Gasteiger partial charge in [-0.15, -0.1) is 0 Å². The quantitative estimate of drug-likeness (QED) is 0.173. The minimum absolute atomic E-state index is 0.0418. The van der Waals surface area contributed by atoms with Crippen LogP contribution in [0.2, 0.25) is 0 Å². The van der Waals surface area contributed by atoms with Gasteiger partial charge in [-0.25, -0.2) is 4.98 Å². The smallest absolute Gasteiger partial charge is 0.147 e. The molecule has 4 nitrogen and oxygen atoms in total. The third-order valence-corrected chi connectivity index (χ3v) is 14.6. The molecule has 0 spiro atoms. The van der Waals surface area contributed by atoms with E-state index in [1.165, 1.54) is 60.8 Å². The molecule has 0 saturated carbocycles. The highest BCUT2D eigenvalue weighted by Gasteiger charge is 2.47. The molecule has 0 amide bonds. The molecule has 1 N–H and O–H groups in total. The lowest BCUT2D eigenvalue weighted by Gasteiger charge is -2.33. The van der Waals surface area contributed by atoms with Crippen molar-refractivity contribution in [1.82, 2.24) is 19.5 Å². The molecule has 0 saturated heterocycles. The number of aryl methyl sites for hydroxylation is 1. The topological polar surface area (TPSA) is 46.5 Å². The average molecular weight is 865 g/mol. The zero-order valence-electron chi connectivity index (χ0n) is 38.9. The second-order valence-corrected chi connectivity index (χ2v) is 19.9. The van der Waals surface area contributed by atoms with Crippen molar-refractivity contribution in [3.63, 3.8) is 0 Å². The molecule has 67 heavy (non-hydrogen) atoms. The highest BCUT2D eigenvalue weighted by atomic mass is 15.1. The molecule has 0 bridgehead atoms. The van der Waals surface area contributed by atoms with Crippen molar-refractivity contribution in [3.8, 4) is 39.3 Å². The Morgan fingerprint density at radius 1 is 0.552 bits per heavy atom. The number of nitrogens with one attached hydrogen (secondary N) is 1. The lowest BCUT2D eigenvalue weighted by molar-refractivity contribution is 0.596. The van der Waals surface area contributed by atoms with E-state index in [-0.39, 0.29) is 10.8 Å². The van der Waals surface area contributed by atoms with Gasteiger partial charge in [-0.2, -0.15) is 0 Å². The van der Waals surface area contributed by atoms with E-state index in [1.54, 1.807) is 0 Å². The highest BCUT2D eigenvalue weighted by molar-refractivity contribution is 6.14. The number of aromatic amines is 1. The van der Waals surface area contributed by atoms with Gasteiger partial charge in [0.15, 0.2) is 0 Å². The monoisotopic (exact) mass is 864 g/mol. The number of para-hydroxylation sites is 2. The van der Waals surface area contributed by atoms with Crippen LogP contribution in [0.3, 0.4) is 0 Å². The number of pyridine rings is 1. The van der Waals surface area contributed by atoms with E-state index < -0.39 is 5.41 Å². The third kappa shape index (κ3) is 6.12. The van der Waals surface area contributed by atoms with Gasteiger partial charge in [-0.3, -0.25) is 9.55 Å². The second kappa shape index (κ2) is 15.1. The van der Waals surface area contributed by atoms with Gasteiger partial charge in [0.1, 0.15) is 5.82 Å². The second-order valence-electron chi connectivity index (χ2n) is 19.9. The summed E-state index contributed by atoms with van der Waals surface area (Å²) in [5.74, 6) is 0.892. The van der Waals surface area contributed by atoms with E-state index in [9.17, 15) is 0 Å². The number of hydrogen-bond donors (Lipinski definition) is 1. The summed E-state index contributed by atoms with van der Waals surface area (Å²) in [6.07, 6.45) is 1.96. The van der Waals surface area contributed by atoms with Gasteiger partial charge in [0.05, 0.1) is 27.7 Å². The molecule has 324 valence electrons. The Labute approximate surface area is 392 Å². The van der Waals surface area contributed by atoms with Crippen molar-refractivity contribution in [1.29, 1.82) is 0 Å².